The van der Waals surface area contributed by atoms with Crippen molar-refractivity contribution in [2.75, 3.05) is 5.32 Å². The first kappa shape index (κ1) is 13.6. The van der Waals surface area contributed by atoms with Gasteiger partial charge in [0.2, 0.25) is 0 Å². The van der Waals surface area contributed by atoms with Gasteiger partial charge in [0.25, 0.3) is 5.91 Å². The predicted molar refractivity (Wildman–Crippen MR) is 73.4 cm³/mol. The third-order valence-corrected chi connectivity index (χ3v) is 3.06. The molecule has 2 aromatic rings. The maximum atomic E-state index is 13.3. The van der Waals surface area contributed by atoms with Gasteiger partial charge in [0.05, 0.1) is 11.6 Å². The van der Waals surface area contributed by atoms with Gasteiger partial charge in [-0.05, 0) is 53.2 Å². The highest BCUT2D eigenvalue weighted by Crippen LogP contribution is 2.24. The average Bonchev–Trinajstić information content (AvgIpc) is 2.78. The number of halogens is 2. The van der Waals surface area contributed by atoms with Crippen LogP contribution in [-0.4, -0.2) is 5.91 Å². The number of primary amides is 1. The molecular weight excluding hydrogens is 315 g/mol. The van der Waals surface area contributed by atoms with Crippen LogP contribution in [0, 0.1) is 5.82 Å². The molecule has 0 aliphatic heterocycles. The second-order valence-corrected chi connectivity index (χ2v) is 4.85. The maximum absolute atomic E-state index is 13.3. The summed E-state index contributed by atoms with van der Waals surface area (Å²) in [7, 11) is 0. The molecule has 2 rings (SSSR count). The van der Waals surface area contributed by atoms with Crippen LogP contribution in [0.25, 0.3) is 0 Å². The van der Waals surface area contributed by atoms with Gasteiger partial charge in [-0.25, -0.2) is 4.39 Å². The topological polar surface area (TPSA) is 68.3 Å². The number of benzene rings is 1. The number of rotatable bonds is 4. The number of nitrogens with two attached hydrogens (primary N) is 1. The highest BCUT2D eigenvalue weighted by molar-refractivity contribution is 9.10. The molecule has 1 amide bonds. The van der Waals surface area contributed by atoms with E-state index >= 15 is 0 Å². The van der Waals surface area contributed by atoms with Gasteiger partial charge in [0.15, 0.2) is 4.67 Å². The van der Waals surface area contributed by atoms with Gasteiger partial charge in [0, 0.05) is 5.69 Å². The van der Waals surface area contributed by atoms with E-state index in [2.05, 4.69) is 21.2 Å². The van der Waals surface area contributed by atoms with E-state index in [1.54, 1.807) is 6.07 Å². The van der Waals surface area contributed by atoms with Gasteiger partial charge >= 0.3 is 0 Å². The summed E-state index contributed by atoms with van der Waals surface area (Å²) >= 11 is 3.22. The van der Waals surface area contributed by atoms with Crippen molar-refractivity contribution < 1.29 is 13.6 Å². The monoisotopic (exact) mass is 326 g/mol. The lowest BCUT2D eigenvalue weighted by Crippen LogP contribution is -2.14. The second-order valence-electron chi connectivity index (χ2n) is 4.07. The first-order valence-electron chi connectivity index (χ1n) is 5.58. The van der Waals surface area contributed by atoms with Crippen molar-refractivity contribution in [3.05, 3.63) is 52.1 Å². The van der Waals surface area contributed by atoms with Crippen molar-refractivity contribution in [3.63, 3.8) is 0 Å². The lowest BCUT2D eigenvalue weighted by Gasteiger charge is -2.13. The molecule has 0 spiro atoms. The lowest BCUT2D eigenvalue weighted by atomic mass is 10.1. The van der Waals surface area contributed by atoms with Crippen LogP contribution in [-0.2, 0) is 0 Å². The average molecular weight is 327 g/mol. The standard InChI is InChI=1S/C13H12BrFN2O2/c1-7(11-4-5-12(14)19-11)17-8-2-3-10(15)9(6-8)13(16)18/h2-7,17H,1H3,(H2,16,18). The molecule has 4 nitrogen and oxygen atoms in total. The Kier molecular flexibility index (Phi) is 3.90. The molecule has 1 aromatic heterocycles. The summed E-state index contributed by atoms with van der Waals surface area (Å²) in [5.74, 6) is -0.710. The van der Waals surface area contributed by atoms with Crippen LogP contribution < -0.4 is 11.1 Å². The van der Waals surface area contributed by atoms with Crippen LogP contribution in [0.5, 0.6) is 0 Å². The number of anilines is 1. The number of hydrogen-bond acceptors (Lipinski definition) is 3. The molecule has 0 radical (unpaired) electrons. The molecule has 6 heteroatoms. The van der Waals surface area contributed by atoms with E-state index in [-0.39, 0.29) is 11.6 Å². The van der Waals surface area contributed by atoms with Gasteiger partial charge in [-0.2, -0.15) is 0 Å². The highest BCUT2D eigenvalue weighted by Gasteiger charge is 2.13. The summed E-state index contributed by atoms with van der Waals surface area (Å²) in [5, 5.41) is 3.10. The summed E-state index contributed by atoms with van der Waals surface area (Å²) in [6.07, 6.45) is 0. The Hall–Kier alpha value is -1.82. The number of carbonyl (C=O) groups is 1. The fourth-order valence-electron chi connectivity index (χ4n) is 1.69. The van der Waals surface area contributed by atoms with E-state index in [1.165, 1.54) is 18.2 Å². The molecular formula is C13H12BrFN2O2. The fraction of sp³-hybridized carbons (Fsp3) is 0.154. The van der Waals surface area contributed by atoms with Crippen LogP contribution >= 0.6 is 15.9 Å². The van der Waals surface area contributed by atoms with Crippen LogP contribution in [0.4, 0.5) is 10.1 Å². The molecule has 100 valence electrons. The van der Waals surface area contributed by atoms with E-state index < -0.39 is 11.7 Å². The predicted octanol–water partition coefficient (Wildman–Crippen LogP) is 3.45. The van der Waals surface area contributed by atoms with Crippen molar-refractivity contribution in [1.82, 2.24) is 0 Å². The van der Waals surface area contributed by atoms with Crippen LogP contribution in [0.3, 0.4) is 0 Å². The third-order valence-electron chi connectivity index (χ3n) is 2.64. The van der Waals surface area contributed by atoms with Crippen molar-refractivity contribution in [1.29, 1.82) is 0 Å². The Bertz CT molecular complexity index is 612. The zero-order valence-corrected chi connectivity index (χ0v) is 11.7. The summed E-state index contributed by atoms with van der Waals surface area (Å²) in [5.41, 5.74) is 5.55. The largest absolute Gasteiger partial charge is 0.452 e. The van der Waals surface area contributed by atoms with Crippen LogP contribution in [0.2, 0.25) is 0 Å². The van der Waals surface area contributed by atoms with Gasteiger partial charge in [0.1, 0.15) is 11.6 Å². The molecule has 1 atom stereocenters. The minimum absolute atomic E-state index is 0.127. The minimum atomic E-state index is -0.797. The molecule has 19 heavy (non-hydrogen) atoms. The summed E-state index contributed by atoms with van der Waals surface area (Å²) in [4.78, 5) is 11.1. The van der Waals surface area contributed by atoms with Crippen LogP contribution in [0.15, 0.2) is 39.4 Å². The molecule has 0 saturated carbocycles. The Balaban J connectivity index is 2.19. The molecule has 0 aliphatic rings. The molecule has 0 aliphatic carbocycles. The normalized spacial score (nSPS) is 12.2. The highest BCUT2D eigenvalue weighted by atomic mass is 79.9. The van der Waals surface area contributed by atoms with Gasteiger partial charge in [-0.3, -0.25) is 4.79 Å². The number of amides is 1. The molecule has 1 aromatic carbocycles. The van der Waals surface area contributed by atoms with E-state index in [0.717, 1.165) is 5.76 Å². The van der Waals surface area contributed by atoms with Gasteiger partial charge in [-0.1, -0.05) is 0 Å². The Morgan fingerprint density at radius 1 is 1.42 bits per heavy atom. The van der Waals surface area contributed by atoms with E-state index in [1.807, 2.05) is 13.0 Å². The smallest absolute Gasteiger partial charge is 0.251 e. The molecule has 0 fully saturated rings. The Labute approximate surface area is 117 Å². The first-order valence-corrected chi connectivity index (χ1v) is 6.38. The number of nitrogens with one attached hydrogen (secondary N) is 1. The number of carbonyl (C=O) groups excluding carboxylic acids is 1. The molecule has 0 bridgehead atoms. The van der Waals surface area contributed by atoms with Crippen LogP contribution in [0.1, 0.15) is 29.1 Å². The zero-order chi connectivity index (χ0) is 14.0. The van der Waals surface area contributed by atoms with E-state index in [0.29, 0.717) is 10.4 Å². The molecule has 3 N–H and O–H groups in total. The second kappa shape index (κ2) is 5.44. The maximum Gasteiger partial charge on any atom is 0.251 e. The van der Waals surface area contributed by atoms with E-state index in [4.69, 9.17) is 10.2 Å². The fourth-order valence-corrected chi connectivity index (χ4v) is 2.01. The third kappa shape index (κ3) is 3.14. The van der Waals surface area contributed by atoms with Crippen molar-refractivity contribution in [2.24, 2.45) is 5.73 Å². The van der Waals surface area contributed by atoms with Gasteiger partial charge in [-0.15, -0.1) is 0 Å². The number of furan rings is 1. The first-order chi connectivity index (χ1) is 8.97. The van der Waals surface area contributed by atoms with E-state index in [9.17, 15) is 9.18 Å². The minimum Gasteiger partial charge on any atom is -0.452 e. The molecule has 1 unspecified atom stereocenters. The van der Waals surface area contributed by atoms with Gasteiger partial charge < -0.3 is 15.5 Å². The van der Waals surface area contributed by atoms with Crippen molar-refractivity contribution >= 4 is 27.5 Å². The van der Waals surface area contributed by atoms with Crippen molar-refractivity contribution in [3.8, 4) is 0 Å². The SMILES string of the molecule is CC(Nc1ccc(F)c(C(N)=O)c1)c1ccc(Br)o1. The lowest BCUT2D eigenvalue weighted by molar-refractivity contribution is 0.0996. The molecule has 1 heterocycles. The summed E-state index contributed by atoms with van der Waals surface area (Å²) in [6.45, 7) is 1.89. The zero-order valence-electron chi connectivity index (χ0n) is 10.1. The summed E-state index contributed by atoms with van der Waals surface area (Å²) < 4.78 is 19.4. The Morgan fingerprint density at radius 3 is 2.74 bits per heavy atom. The van der Waals surface area contributed by atoms with Crippen molar-refractivity contribution in [2.45, 2.75) is 13.0 Å². The Morgan fingerprint density at radius 2 is 2.16 bits per heavy atom. The number of hydrogen-bond donors (Lipinski definition) is 2. The summed E-state index contributed by atoms with van der Waals surface area (Å²) in [6, 6.07) is 7.60. The quantitative estimate of drug-likeness (QED) is 0.904. The molecule has 0 saturated heterocycles.